The Kier molecular flexibility index (Phi) is 4.16. The van der Waals surface area contributed by atoms with E-state index in [1.807, 2.05) is 10.6 Å². The normalized spacial score (nSPS) is 12.7. The number of para-hydroxylation sites is 1. The highest BCUT2D eigenvalue weighted by Gasteiger charge is 2.18. The first-order chi connectivity index (χ1) is 9.19. The number of imidazole rings is 1. The zero-order chi connectivity index (χ0) is 13.8. The maximum Gasteiger partial charge on any atom is 0.337 e. The number of benzene rings is 1. The van der Waals surface area contributed by atoms with E-state index in [0.717, 1.165) is 12.8 Å². The molecule has 0 saturated carbocycles. The molecule has 0 bridgehead atoms. The average Bonchev–Trinajstić information content (AvgIpc) is 2.81. The van der Waals surface area contributed by atoms with E-state index in [-0.39, 0.29) is 11.6 Å². The van der Waals surface area contributed by atoms with Crippen LogP contribution < -0.4 is 0 Å². The summed E-state index contributed by atoms with van der Waals surface area (Å²) in [6.45, 7) is 2.65. The number of nitrogens with zero attached hydrogens (tertiary/aromatic N) is 2. The highest BCUT2D eigenvalue weighted by molar-refractivity contribution is 6.01. The van der Waals surface area contributed by atoms with Crippen molar-refractivity contribution in [3.8, 4) is 0 Å². The molecule has 5 nitrogen and oxygen atoms in total. The molecule has 2 aromatic rings. The number of methoxy groups -OCH3 is 1. The van der Waals surface area contributed by atoms with Gasteiger partial charge in [0.1, 0.15) is 0 Å². The molecule has 0 aliphatic heterocycles. The fourth-order valence-corrected chi connectivity index (χ4v) is 2.37. The van der Waals surface area contributed by atoms with Crippen LogP contribution in [0.3, 0.4) is 0 Å². The van der Waals surface area contributed by atoms with Gasteiger partial charge < -0.3 is 14.4 Å². The van der Waals surface area contributed by atoms with Gasteiger partial charge in [0.2, 0.25) is 0 Å². The number of ether oxygens (including phenoxy) is 1. The minimum absolute atomic E-state index is 0.112. The van der Waals surface area contributed by atoms with Gasteiger partial charge in [0, 0.05) is 7.11 Å². The first kappa shape index (κ1) is 13.5. The second-order valence-corrected chi connectivity index (χ2v) is 4.53. The molecule has 19 heavy (non-hydrogen) atoms. The summed E-state index contributed by atoms with van der Waals surface area (Å²) in [6, 6.07) is 5.27. The van der Waals surface area contributed by atoms with Gasteiger partial charge in [-0.05, 0) is 18.6 Å². The standard InChI is InChI=1S/C14H18N2O3/c1-3-5-10(8-19-2)16-9-15-12-7-4-6-11(13(12)16)14(17)18/h4,6-7,9-10H,3,5,8H2,1-2H3,(H,17,18). The van der Waals surface area contributed by atoms with Crippen molar-refractivity contribution in [3.05, 3.63) is 30.1 Å². The number of hydrogen-bond donors (Lipinski definition) is 1. The third kappa shape index (κ3) is 2.61. The minimum atomic E-state index is -0.931. The average molecular weight is 262 g/mol. The fourth-order valence-electron chi connectivity index (χ4n) is 2.37. The quantitative estimate of drug-likeness (QED) is 0.869. The Morgan fingerprint density at radius 3 is 2.95 bits per heavy atom. The monoisotopic (exact) mass is 262 g/mol. The van der Waals surface area contributed by atoms with Crippen LogP contribution in [-0.2, 0) is 4.74 Å². The number of aromatic nitrogens is 2. The first-order valence-electron chi connectivity index (χ1n) is 6.36. The molecule has 0 spiro atoms. The van der Waals surface area contributed by atoms with Gasteiger partial charge in [-0.15, -0.1) is 0 Å². The van der Waals surface area contributed by atoms with Gasteiger partial charge in [0.05, 0.1) is 35.6 Å². The molecule has 0 aliphatic rings. The summed E-state index contributed by atoms with van der Waals surface area (Å²) in [5, 5.41) is 9.29. The molecule has 1 aromatic carbocycles. The number of hydrogen-bond acceptors (Lipinski definition) is 3. The van der Waals surface area contributed by atoms with E-state index in [1.54, 1.807) is 25.6 Å². The lowest BCUT2D eigenvalue weighted by atomic mass is 10.1. The number of rotatable bonds is 6. The van der Waals surface area contributed by atoms with E-state index in [0.29, 0.717) is 17.6 Å². The second-order valence-electron chi connectivity index (χ2n) is 4.53. The summed E-state index contributed by atoms with van der Waals surface area (Å²) < 4.78 is 7.16. The number of carbonyl (C=O) groups is 1. The Labute approximate surface area is 111 Å². The van der Waals surface area contributed by atoms with Crippen molar-refractivity contribution in [2.75, 3.05) is 13.7 Å². The molecule has 5 heteroatoms. The topological polar surface area (TPSA) is 64.4 Å². The van der Waals surface area contributed by atoms with Gasteiger partial charge in [0.25, 0.3) is 0 Å². The summed E-state index contributed by atoms with van der Waals surface area (Å²) in [5.41, 5.74) is 1.66. The van der Waals surface area contributed by atoms with Crippen LogP contribution in [0, 0.1) is 0 Å². The Balaban J connectivity index is 2.56. The van der Waals surface area contributed by atoms with Crippen molar-refractivity contribution < 1.29 is 14.6 Å². The Morgan fingerprint density at radius 2 is 2.32 bits per heavy atom. The van der Waals surface area contributed by atoms with E-state index < -0.39 is 5.97 Å². The largest absolute Gasteiger partial charge is 0.478 e. The fraction of sp³-hybridized carbons (Fsp3) is 0.429. The third-order valence-electron chi connectivity index (χ3n) is 3.20. The minimum Gasteiger partial charge on any atom is -0.478 e. The van der Waals surface area contributed by atoms with E-state index in [9.17, 15) is 9.90 Å². The summed E-state index contributed by atoms with van der Waals surface area (Å²) in [6.07, 6.45) is 3.63. The van der Waals surface area contributed by atoms with Crippen molar-refractivity contribution in [2.24, 2.45) is 0 Å². The molecule has 2 rings (SSSR count). The zero-order valence-corrected chi connectivity index (χ0v) is 11.2. The summed E-state index contributed by atoms with van der Waals surface area (Å²) >= 11 is 0. The smallest absolute Gasteiger partial charge is 0.337 e. The SMILES string of the molecule is CCCC(COC)n1cnc2cccc(C(=O)O)c21. The van der Waals surface area contributed by atoms with Crippen LogP contribution in [0.2, 0.25) is 0 Å². The van der Waals surface area contributed by atoms with Crippen LogP contribution in [0.25, 0.3) is 11.0 Å². The van der Waals surface area contributed by atoms with Crippen LogP contribution in [0.1, 0.15) is 36.2 Å². The van der Waals surface area contributed by atoms with E-state index >= 15 is 0 Å². The molecule has 0 amide bonds. The first-order valence-corrected chi connectivity index (χ1v) is 6.36. The summed E-state index contributed by atoms with van der Waals surface area (Å²) in [4.78, 5) is 15.6. The number of aromatic carboxylic acids is 1. The van der Waals surface area contributed by atoms with Crippen LogP contribution in [-0.4, -0.2) is 34.3 Å². The number of fused-ring (bicyclic) bond motifs is 1. The van der Waals surface area contributed by atoms with Crippen molar-refractivity contribution >= 4 is 17.0 Å². The van der Waals surface area contributed by atoms with Gasteiger partial charge in [-0.25, -0.2) is 9.78 Å². The van der Waals surface area contributed by atoms with Crippen LogP contribution in [0.5, 0.6) is 0 Å². The molecule has 0 radical (unpaired) electrons. The Bertz CT molecular complexity index is 571. The zero-order valence-electron chi connectivity index (χ0n) is 11.2. The molecule has 0 aliphatic carbocycles. The maximum absolute atomic E-state index is 11.3. The molecular weight excluding hydrogens is 244 g/mol. The molecule has 0 fully saturated rings. The number of carboxylic acid groups (broad SMARTS) is 1. The lowest BCUT2D eigenvalue weighted by molar-refractivity contribution is 0.0698. The van der Waals surface area contributed by atoms with Crippen LogP contribution in [0.4, 0.5) is 0 Å². The molecule has 0 saturated heterocycles. The highest BCUT2D eigenvalue weighted by Crippen LogP contribution is 2.24. The lowest BCUT2D eigenvalue weighted by Gasteiger charge is -2.18. The molecule has 1 heterocycles. The van der Waals surface area contributed by atoms with Gasteiger partial charge in [-0.3, -0.25) is 0 Å². The highest BCUT2D eigenvalue weighted by atomic mass is 16.5. The molecule has 102 valence electrons. The third-order valence-corrected chi connectivity index (χ3v) is 3.20. The van der Waals surface area contributed by atoms with E-state index in [4.69, 9.17) is 4.74 Å². The van der Waals surface area contributed by atoms with Crippen molar-refractivity contribution in [3.63, 3.8) is 0 Å². The summed E-state index contributed by atoms with van der Waals surface area (Å²) in [7, 11) is 1.65. The number of carboxylic acids is 1. The molecule has 1 atom stereocenters. The van der Waals surface area contributed by atoms with E-state index in [2.05, 4.69) is 11.9 Å². The van der Waals surface area contributed by atoms with Crippen molar-refractivity contribution in [1.82, 2.24) is 9.55 Å². The predicted molar refractivity (Wildman–Crippen MR) is 72.5 cm³/mol. The summed E-state index contributed by atoms with van der Waals surface area (Å²) in [5.74, 6) is -0.931. The van der Waals surface area contributed by atoms with Gasteiger partial charge in [-0.2, -0.15) is 0 Å². The van der Waals surface area contributed by atoms with Gasteiger partial charge in [-0.1, -0.05) is 19.4 Å². The van der Waals surface area contributed by atoms with E-state index in [1.165, 1.54) is 0 Å². The van der Waals surface area contributed by atoms with Crippen LogP contribution in [0.15, 0.2) is 24.5 Å². The van der Waals surface area contributed by atoms with Crippen molar-refractivity contribution in [1.29, 1.82) is 0 Å². The molecule has 1 aromatic heterocycles. The van der Waals surface area contributed by atoms with Crippen LogP contribution >= 0.6 is 0 Å². The Morgan fingerprint density at radius 1 is 1.53 bits per heavy atom. The van der Waals surface area contributed by atoms with Gasteiger partial charge >= 0.3 is 5.97 Å². The van der Waals surface area contributed by atoms with Gasteiger partial charge in [0.15, 0.2) is 0 Å². The second kappa shape index (κ2) is 5.84. The molecule has 1 N–H and O–H groups in total. The predicted octanol–water partition coefficient (Wildman–Crippen LogP) is 2.72. The molecular formula is C14H18N2O3. The Hall–Kier alpha value is -1.88. The lowest BCUT2D eigenvalue weighted by Crippen LogP contribution is -2.15. The van der Waals surface area contributed by atoms with Crippen molar-refractivity contribution in [2.45, 2.75) is 25.8 Å². The maximum atomic E-state index is 11.3. The molecule has 1 unspecified atom stereocenters.